The molecule has 7 nitrogen and oxygen atoms in total. The van der Waals surface area contributed by atoms with Crippen LogP contribution >= 0.6 is 11.8 Å². The lowest BCUT2D eigenvalue weighted by Crippen LogP contribution is -2.30. The van der Waals surface area contributed by atoms with Crippen molar-refractivity contribution in [3.8, 4) is 5.69 Å². The maximum atomic E-state index is 12.4. The summed E-state index contributed by atoms with van der Waals surface area (Å²) < 4.78 is 1.66. The van der Waals surface area contributed by atoms with Crippen LogP contribution in [0.25, 0.3) is 5.69 Å². The molecule has 2 aromatic carbocycles. The molecule has 3 rings (SSSR count). The van der Waals surface area contributed by atoms with Crippen LogP contribution in [0.4, 0.5) is 11.4 Å². The molecule has 0 aliphatic heterocycles. The quantitative estimate of drug-likeness (QED) is 0.545. The van der Waals surface area contributed by atoms with Crippen molar-refractivity contribution in [2.24, 2.45) is 0 Å². The van der Waals surface area contributed by atoms with Gasteiger partial charge in [-0.1, -0.05) is 17.8 Å². The maximum absolute atomic E-state index is 12.4. The average Bonchev–Trinajstić information content (AvgIpc) is 3.19. The van der Waals surface area contributed by atoms with Gasteiger partial charge in [0.05, 0.1) is 11.4 Å². The molecule has 0 aliphatic rings. The fraction of sp³-hybridized carbons (Fsp3) is 0.364. The fourth-order valence-corrected chi connectivity index (χ4v) is 3.89. The third kappa shape index (κ3) is 5.18. The Hall–Kier alpha value is -2.87. The second kappa shape index (κ2) is 9.75. The van der Waals surface area contributed by atoms with Crippen molar-refractivity contribution in [2.75, 3.05) is 22.5 Å². The number of aryl methyl sites for hydroxylation is 2. The van der Waals surface area contributed by atoms with E-state index in [-0.39, 0.29) is 11.7 Å². The minimum atomic E-state index is -0.0985. The van der Waals surface area contributed by atoms with Crippen molar-refractivity contribution >= 4 is 29.0 Å². The van der Waals surface area contributed by atoms with Crippen LogP contribution < -0.4 is 10.2 Å². The monoisotopic (exact) mass is 424 g/mol. The molecule has 3 aromatic rings. The topological polar surface area (TPSA) is 75.9 Å². The number of hydrogen-bond acceptors (Lipinski definition) is 6. The van der Waals surface area contributed by atoms with E-state index in [2.05, 4.69) is 60.4 Å². The van der Waals surface area contributed by atoms with Gasteiger partial charge < -0.3 is 10.2 Å². The Morgan fingerprint density at radius 1 is 1.13 bits per heavy atom. The first-order valence-electron chi connectivity index (χ1n) is 10.0. The summed E-state index contributed by atoms with van der Waals surface area (Å²) in [5.41, 5.74) is 5.18. The van der Waals surface area contributed by atoms with Crippen LogP contribution in [0.5, 0.6) is 0 Å². The summed E-state index contributed by atoms with van der Waals surface area (Å²) in [6.07, 6.45) is 0. The first-order chi connectivity index (χ1) is 14.4. The Kier molecular flexibility index (Phi) is 7.10. The van der Waals surface area contributed by atoms with Gasteiger partial charge >= 0.3 is 0 Å². The zero-order valence-corrected chi connectivity index (χ0v) is 18.9. The van der Waals surface area contributed by atoms with Gasteiger partial charge in [0, 0.05) is 24.0 Å². The molecule has 1 aromatic heterocycles. The van der Waals surface area contributed by atoms with E-state index in [4.69, 9.17) is 0 Å². The van der Waals surface area contributed by atoms with Crippen molar-refractivity contribution in [2.45, 2.75) is 45.8 Å². The number of carbonyl (C=O) groups excluding carboxylic acids is 1. The van der Waals surface area contributed by atoms with Crippen LogP contribution in [-0.2, 0) is 4.79 Å². The van der Waals surface area contributed by atoms with E-state index < -0.39 is 0 Å². The van der Waals surface area contributed by atoms with Crippen molar-refractivity contribution < 1.29 is 4.79 Å². The van der Waals surface area contributed by atoms with E-state index >= 15 is 0 Å². The highest BCUT2D eigenvalue weighted by atomic mass is 32.2. The number of anilines is 2. The number of rotatable bonds is 8. The third-order valence-corrected chi connectivity index (χ3v) is 5.87. The lowest BCUT2D eigenvalue weighted by molar-refractivity contribution is -0.113. The van der Waals surface area contributed by atoms with E-state index in [1.807, 2.05) is 42.5 Å². The number of amides is 1. The maximum Gasteiger partial charge on any atom is 0.234 e. The Labute approximate surface area is 181 Å². The first-order valence-corrected chi connectivity index (χ1v) is 11.0. The zero-order chi connectivity index (χ0) is 21.7. The lowest BCUT2D eigenvalue weighted by atomic mass is 10.1. The largest absolute Gasteiger partial charge is 0.369 e. The molecule has 158 valence electrons. The predicted octanol–water partition coefficient (Wildman–Crippen LogP) is 4.24. The number of nitrogens with one attached hydrogen (secondary N) is 1. The van der Waals surface area contributed by atoms with Gasteiger partial charge in [0.25, 0.3) is 0 Å². The number of aromatic nitrogens is 4. The molecule has 0 radical (unpaired) electrons. The van der Waals surface area contributed by atoms with Crippen molar-refractivity contribution in [1.29, 1.82) is 0 Å². The standard InChI is InChI=1S/C22H28N6OS/c1-6-27(15(2)3)19-11-8-18(9-12-19)23-21(29)14-30-22-24-25-26-28(22)20-10-7-16(4)17(5)13-20/h7-13,15H,6,14H2,1-5H3,(H,23,29). The van der Waals surface area contributed by atoms with E-state index in [0.29, 0.717) is 11.2 Å². The van der Waals surface area contributed by atoms with E-state index in [0.717, 1.165) is 23.6 Å². The predicted molar refractivity (Wildman–Crippen MR) is 123 cm³/mol. The smallest absolute Gasteiger partial charge is 0.234 e. The van der Waals surface area contributed by atoms with E-state index in [1.54, 1.807) is 4.68 Å². The minimum absolute atomic E-state index is 0.0985. The van der Waals surface area contributed by atoms with Crippen LogP contribution in [0.2, 0.25) is 0 Å². The van der Waals surface area contributed by atoms with Gasteiger partial charge in [0.2, 0.25) is 11.1 Å². The summed E-state index contributed by atoms with van der Waals surface area (Å²) in [5.74, 6) is 0.124. The normalized spacial score (nSPS) is 11.0. The molecule has 8 heteroatoms. The van der Waals surface area contributed by atoms with Crippen molar-refractivity contribution in [3.05, 3.63) is 53.6 Å². The zero-order valence-electron chi connectivity index (χ0n) is 18.1. The van der Waals surface area contributed by atoms with Gasteiger partial charge in [-0.25, -0.2) is 0 Å². The van der Waals surface area contributed by atoms with Gasteiger partial charge in [-0.15, -0.1) is 5.10 Å². The SMILES string of the molecule is CCN(c1ccc(NC(=O)CSc2nnnn2-c2ccc(C)c(C)c2)cc1)C(C)C. The van der Waals surface area contributed by atoms with Crippen LogP contribution in [-0.4, -0.2) is 44.5 Å². The Morgan fingerprint density at radius 2 is 1.87 bits per heavy atom. The second-order valence-corrected chi connectivity index (χ2v) is 8.35. The summed E-state index contributed by atoms with van der Waals surface area (Å²) in [5, 5.41) is 15.4. The van der Waals surface area contributed by atoms with Crippen molar-refractivity contribution in [1.82, 2.24) is 20.2 Å². The first kappa shape index (κ1) is 21.8. The molecular formula is C22H28N6OS. The van der Waals surface area contributed by atoms with Crippen LogP contribution in [0.15, 0.2) is 47.6 Å². The minimum Gasteiger partial charge on any atom is -0.369 e. The molecule has 0 saturated carbocycles. The lowest BCUT2D eigenvalue weighted by Gasteiger charge is -2.27. The summed E-state index contributed by atoms with van der Waals surface area (Å²) in [7, 11) is 0. The highest BCUT2D eigenvalue weighted by molar-refractivity contribution is 7.99. The van der Waals surface area contributed by atoms with Crippen LogP contribution in [0.1, 0.15) is 31.9 Å². The van der Waals surface area contributed by atoms with Crippen LogP contribution in [0, 0.1) is 13.8 Å². The van der Waals surface area contributed by atoms with Gasteiger partial charge in [-0.3, -0.25) is 4.79 Å². The molecular weight excluding hydrogens is 396 g/mol. The Bertz CT molecular complexity index is 999. The number of thioether (sulfide) groups is 1. The van der Waals surface area contributed by atoms with Gasteiger partial charge in [0.1, 0.15) is 0 Å². The Balaban J connectivity index is 1.60. The molecule has 30 heavy (non-hydrogen) atoms. The molecule has 1 amide bonds. The van der Waals surface area contributed by atoms with Gasteiger partial charge in [-0.05, 0) is 92.6 Å². The van der Waals surface area contributed by atoms with Gasteiger partial charge in [0.15, 0.2) is 0 Å². The molecule has 1 N–H and O–H groups in total. The van der Waals surface area contributed by atoms with Crippen LogP contribution in [0.3, 0.4) is 0 Å². The number of carbonyl (C=O) groups is 1. The van der Waals surface area contributed by atoms with Crippen molar-refractivity contribution in [3.63, 3.8) is 0 Å². The summed E-state index contributed by atoms with van der Waals surface area (Å²) in [6, 6.07) is 14.4. The molecule has 0 unspecified atom stereocenters. The molecule has 1 heterocycles. The number of nitrogens with zero attached hydrogens (tertiary/aromatic N) is 5. The average molecular weight is 425 g/mol. The highest BCUT2D eigenvalue weighted by Crippen LogP contribution is 2.22. The van der Waals surface area contributed by atoms with Gasteiger partial charge in [-0.2, -0.15) is 4.68 Å². The molecule has 0 saturated heterocycles. The molecule has 0 fully saturated rings. The summed E-state index contributed by atoms with van der Waals surface area (Å²) in [6.45, 7) is 11.5. The highest BCUT2D eigenvalue weighted by Gasteiger charge is 2.13. The number of hydrogen-bond donors (Lipinski definition) is 1. The second-order valence-electron chi connectivity index (χ2n) is 7.41. The Morgan fingerprint density at radius 3 is 2.50 bits per heavy atom. The summed E-state index contributed by atoms with van der Waals surface area (Å²) >= 11 is 1.31. The molecule has 0 bridgehead atoms. The van der Waals surface area contributed by atoms with E-state index in [9.17, 15) is 4.79 Å². The number of benzene rings is 2. The molecule has 0 atom stereocenters. The molecule has 0 aliphatic carbocycles. The van der Waals surface area contributed by atoms with E-state index in [1.165, 1.54) is 22.9 Å². The molecule has 0 spiro atoms. The third-order valence-electron chi connectivity index (χ3n) is 4.96. The summed E-state index contributed by atoms with van der Waals surface area (Å²) in [4.78, 5) is 14.7. The fourth-order valence-electron chi connectivity index (χ4n) is 3.20. The number of tetrazole rings is 1.